The van der Waals surface area contributed by atoms with Gasteiger partial charge < -0.3 is 4.79 Å². The Balaban J connectivity index is 2.76. The molecule has 0 aliphatic carbocycles. The van der Waals surface area contributed by atoms with Gasteiger partial charge in [0.1, 0.15) is 23.7 Å². The van der Waals surface area contributed by atoms with E-state index in [9.17, 15) is 4.79 Å². The van der Waals surface area contributed by atoms with Gasteiger partial charge in [-0.3, -0.25) is 5.10 Å². The van der Waals surface area contributed by atoms with Crippen molar-refractivity contribution in [2.45, 2.75) is 5.25 Å². The molecule has 1 atom stereocenters. The summed E-state index contributed by atoms with van der Waals surface area (Å²) in [6, 6.07) is 0. The molecule has 0 bridgehead atoms. The smallest absolute Gasteiger partial charge is 0.144 e. The molecule has 0 spiro atoms. The van der Waals surface area contributed by atoms with Crippen LogP contribution in [0.15, 0.2) is 6.33 Å². The maximum absolute atomic E-state index is 10.0. The van der Waals surface area contributed by atoms with Crippen molar-refractivity contribution in [3.05, 3.63) is 12.2 Å². The van der Waals surface area contributed by atoms with Gasteiger partial charge in [-0.1, -0.05) is 0 Å². The molecule has 0 amide bonds. The van der Waals surface area contributed by atoms with Gasteiger partial charge in [0.05, 0.1) is 0 Å². The summed E-state index contributed by atoms with van der Waals surface area (Å²) in [5.74, 6) is 0.480. The molecule has 1 unspecified atom stereocenters. The third-order valence-electron chi connectivity index (χ3n) is 0.843. The number of carbonyl (C=O) groups is 1. The van der Waals surface area contributed by atoms with Gasteiger partial charge in [-0.2, -0.15) is 17.7 Å². The minimum absolute atomic E-state index is 0.479. The summed E-state index contributed by atoms with van der Waals surface area (Å²) < 4.78 is 0. The molecule has 5 heteroatoms. The van der Waals surface area contributed by atoms with Gasteiger partial charge in [-0.05, 0) is 0 Å². The van der Waals surface area contributed by atoms with E-state index in [0.29, 0.717) is 12.1 Å². The number of thiol groups is 1. The molecule has 1 aromatic heterocycles. The van der Waals surface area contributed by atoms with Crippen LogP contribution in [-0.4, -0.2) is 21.5 Å². The summed E-state index contributed by atoms with van der Waals surface area (Å²) >= 11 is 3.88. The molecule has 0 saturated heterocycles. The van der Waals surface area contributed by atoms with Crippen LogP contribution in [0.4, 0.5) is 0 Å². The summed E-state index contributed by atoms with van der Waals surface area (Å²) in [5.41, 5.74) is 0. The molecular weight excluding hydrogens is 138 g/mol. The highest BCUT2D eigenvalue weighted by Gasteiger charge is 2.05. The molecule has 0 aliphatic heterocycles. The molecule has 9 heavy (non-hydrogen) atoms. The molecule has 0 saturated carbocycles. The third kappa shape index (κ3) is 1.29. The molecule has 0 radical (unpaired) electrons. The van der Waals surface area contributed by atoms with Crippen molar-refractivity contribution in [3.63, 3.8) is 0 Å². The summed E-state index contributed by atoms with van der Waals surface area (Å²) in [6.07, 6.45) is 2.02. The second-order valence-electron chi connectivity index (χ2n) is 1.45. The van der Waals surface area contributed by atoms with Crippen molar-refractivity contribution in [3.8, 4) is 0 Å². The SMILES string of the molecule is O=CC(S)c1ncn[nH]1. The Morgan fingerprint density at radius 1 is 1.89 bits per heavy atom. The Bertz CT molecular complexity index is 186. The lowest BCUT2D eigenvalue weighted by atomic mass is 10.4. The van der Waals surface area contributed by atoms with Gasteiger partial charge in [0, 0.05) is 0 Å². The number of hydrogen-bond donors (Lipinski definition) is 2. The van der Waals surface area contributed by atoms with E-state index in [2.05, 4.69) is 27.8 Å². The van der Waals surface area contributed by atoms with Gasteiger partial charge >= 0.3 is 0 Å². The van der Waals surface area contributed by atoms with E-state index in [1.165, 1.54) is 6.33 Å². The summed E-state index contributed by atoms with van der Waals surface area (Å²) in [4.78, 5) is 13.8. The van der Waals surface area contributed by atoms with Gasteiger partial charge in [-0.15, -0.1) is 0 Å². The fourth-order valence-corrected chi connectivity index (χ4v) is 0.546. The molecular formula is C4H5N3OS. The van der Waals surface area contributed by atoms with Crippen LogP contribution in [0.2, 0.25) is 0 Å². The molecule has 4 nitrogen and oxygen atoms in total. The molecule has 1 heterocycles. The third-order valence-corrected chi connectivity index (χ3v) is 1.21. The quantitative estimate of drug-likeness (QED) is 0.451. The van der Waals surface area contributed by atoms with E-state index in [1.807, 2.05) is 0 Å². The van der Waals surface area contributed by atoms with Crippen molar-refractivity contribution < 1.29 is 4.79 Å². The lowest BCUT2D eigenvalue weighted by Crippen LogP contribution is -1.93. The van der Waals surface area contributed by atoms with Gasteiger partial charge in [0.2, 0.25) is 0 Å². The molecule has 1 rings (SSSR count). The van der Waals surface area contributed by atoms with Crippen molar-refractivity contribution in [1.29, 1.82) is 0 Å². The largest absolute Gasteiger partial charge is 0.302 e. The predicted octanol–water partition coefficient (Wildman–Crippen LogP) is -0.0255. The van der Waals surface area contributed by atoms with E-state index in [4.69, 9.17) is 0 Å². The first kappa shape index (κ1) is 6.28. The maximum atomic E-state index is 10.0. The van der Waals surface area contributed by atoms with Crippen LogP contribution >= 0.6 is 12.6 Å². The fourth-order valence-electron chi connectivity index (χ4n) is 0.422. The molecule has 0 aromatic carbocycles. The average molecular weight is 143 g/mol. The minimum atomic E-state index is -0.479. The minimum Gasteiger partial charge on any atom is -0.302 e. The van der Waals surface area contributed by atoms with Crippen molar-refractivity contribution >= 4 is 18.9 Å². The van der Waals surface area contributed by atoms with E-state index in [1.54, 1.807) is 0 Å². The van der Waals surface area contributed by atoms with Gasteiger partial charge in [0.25, 0.3) is 0 Å². The number of H-pyrrole nitrogens is 1. The fraction of sp³-hybridized carbons (Fsp3) is 0.250. The van der Waals surface area contributed by atoms with E-state index >= 15 is 0 Å². The van der Waals surface area contributed by atoms with Crippen LogP contribution in [0.1, 0.15) is 11.1 Å². The first-order valence-electron chi connectivity index (χ1n) is 2.33. The highest BCUT2D eigenvalue weighted by Crippen LogP contribution is 2.09. The van der Waals surface area contributed by atoms with Crippen molar-refractivity contribution in [1.82, 2.24) is 15.2 Å². The first-order valence-corrected chi connectivity index (χ1v) is 2.85. The lowest BCUT2D eigenvalue weighted by molar-refractivity contribution is -0.107. The Hall–Kier alpha value is -0.840. The van der Waals surface area contributed by atoms with Crippen LogP contribution in [0, 0.1) is 0 Å². The topological polar surface area (TPSA) is 58.6 Å². The number of nitrogens with one attached hydrogen (secondary N) is 1. The Morgan fingerprint density at radius 3 is 3.11 bits per heavy atom. The Kier molecular flexibility index (Phi) is 1.84. The second-order valence-corrected chi connectivity index (χ2v) is 2.01. The maximum Gasteiger partial charge on any atom is 0.144 e. The van der Waals surface area contributed by atoms with Gasteiger partial charge in [-0.25, -0.2) is 4.98 Å². The van der Waals surface area contributed by atoms with E-state index in [-0.39, 0.29) is 0 Å². The second kappa shape index (κ2) is 2.63. The van der Waals surface area contributed by atoms with Crippen LogP contribution < -0.4 is 0 Å². The number of nitrogens with zero attached hydrogens (tertiary/aromatic N) is 2. The molecule has 1 aromatic rings. The van der Waals surface area contributed by atoms with E-state index < -0.39 is 5.25 Å². The Labute approximate surface area is 57.1 Å². The average Bonchev–Trinajstić information content (AvgIpc) is 2.37. The monoisotopic (exact) mass is 143 g/mol. The lowest BCUT2D eigenvalue weighted by Gasteiger charge is -1.91. The molecule has 1 N–H and O–H groups in total. The number of aromatic nitrogens is 3. The Morgan fingerprint density at radius 2 is 2.67 bits per heavy atom. The summed E-state index contributed by atoms with van der Waals surface area (Å²) in [7, 11) is 0. The molecule has 0 fully saturated rings. The highest BCUT2D eigenvalue weighted by atomic mass is 32.1. The highest BCUT2D eigenvalue weighted by molar-refractivity contribution is 7.81. The normalized spacial score (nSPS) is 13.0. The van der Waals surface area contributed by atoms with Crippen LogP contribution in [0.3, 0.4) is 0 Å². The van der Waals surface area contributed by atoms with E-state index in [0.717, 1.165) is 0 Å². The van der Waals surface area contributed by atoms with Gasteiger partial charge in [0.15, 0.2) is 0 Å². The number of rotatable bonds is 2. The molecule has 0 aliphatic rings. The van der Waals surface area contributed by atoms with Crippen molar-refractivity contribution in [2.24, 2.45) is 0 Å². The van der Waals surface area contributed by atoms with Crippen LogP contribution in [0.5, 0.6) is 0 Å². The summed E-state index contributed by atoms with van der Waals surface area (Å²) in [6.45, 7) is 0. The first-order chi connectivity index (χ1) is 4.34. The number of hydrogen-bond acceptors (Lipinski definition) is 4. The number of aromatic amines is 1. The zero-order valence-corrected chi connectivity index (χ0v) is 5.38. The van der Waals surface area contributed by atoms with Crippen molar-refractivity contribution in [2.75, 3.05) is 0 Å². The number of carbonyl (C=O) groups excluding carboxylic acids is 1. The van der Waals surface area contributed by atoms with Crippen LogP contribution in [-0.2, 0) is 4.79 Å². The standard InChI is InChI=1S/C4H5N3OS/c8-1-3(9)4-5-2-6-7-4/h1-3,9H,(H,5,6,7). The zero-order valence-electron chi connectivity index (χ0n) is 4.48. The molecule has 48 valence electrons. The summed E-state index contributed by atoms with van der Waals surface area (Å²) in [5, 5.41) is 5.59. The van der Waals surface area contributed by atoms with Crippen LogP contribution in [0.25, 0.3) is 0 Å². The predicted molar refractivity (Wildman–Crippen MR) is 34.2 cm³/mol. The number of aldehydes is 1. The zero-order chi connectivity index (χ0) is 6.69.